The van der Waals surface area contributed by atoms with Gasteiger partial charge in [-0.25, -0.2) is 0 Å². The highest BCUT2D eigenvalue weighted by Gasteiger charge is 2.23. The fourth-order valence-electron chi connectivity index (χ4n) is 6.73. The van der Waals surface area contributed by atoms with E-state index in [0.29, 0.717) is 28.9 Å². The van der Waals surface area contributed by atoms with Crippen LogP contribution in [-0.2, 0) is 13.0 Å². The molecule has 1 N–H and O–H groups in total. The molecule has 1 atom stereocenters. The summed E-state index contributed by atoms with van der Waals surface area (Å²) in [5, 5.41) is 3.56. The third kappa shape index (κ3) is 6.80. The van der Waals surface area contributed by atoms with Gasteiger partial charge in [0.25, 0.3) is 5.91 Å². The first-order valence-corrected chi connectivity index (χ1v) is 15.8. The number of nitrogens with one attached hydrogen (secondary N) is 1. The Bertz CT molecular complexity index is 1370. The van der Waals surface area contributed by atoms with Crippen LogP contribution in [0.4, 0.5) is 0 Å². The third-order valence-electron chi connectivity index (χ3n) is 9.13. The van der Waals surface area contributed by atoms with E-state index < -0.39 is 0 Å². The van der Waals surface area contributed by atoms with E-state index in [0.717, 1.165) is 51.9 Å². The van der Waals surface area contributed by atoms with Crippen molar-refractivity contribution in [2.75, 3.05) is 32.7 Å². The molecule has 0 aromatic heterocycles. The Morgan fingerprint density at radius 2 is 1.78 bits per heavy atom. The molecule has 2 heterocycles. The quantitative estimate of drug-likeness (QED) is 0.221. The summed E-state index contributed by atoms with van der Waals surface area (Å²) >= 11 is 6.57. The van der Waals surface area contributed by atoms with Gasteiger partial charge in [0.2, 0.25) is 0 Å². The predicted octanol–water partition coefficient (Wildman–Crippen LogP) is 6.95. The highest BCUT2D eigenvalue weighted by Crippen LogP contribution is 2.37. The average Bonchev–Trinajstić information content (AvgIpc) is 3.36. The number of ether oxygens (including phenoxy) is 1. The molecule has 0 bridgehead atoms. The predicted molar refractivity (Wildman–Crippen MR) is 167 cm³/mol. The van der Waals surface area contributed by atoms with Crippen LogP contribution in [0.15, 0.2) is 60.7 Å². The number of hydrogen-bond donors (Lipinski definition) is 1. The number of nitrogens with zero attached hydrogens (tertiary/aromatic N) is 2. The largest absolute Gasteiger partial charge is 0.489 e. The molecule has 6 rings (SSSR count). The van der Waals surface area contributed by atoms with Crippen molar-refractivity contribution in [3.63, 3.8) is 0 Å². The molecule has 0 radical (unpaired) electrons. The Balaban J connectivity index is 0.942. The first kappa shape index (κ1) is 28.3. The number of amides is 1. The zero-order chi connectivity index (χ0) is 28.2. The van der Waals surface area contributed by atoms with E-state index in [1.807, 2.05) is 12.1 Å². The molecular weight excluding hydrogens is 530 g/mol. The fourth-order valence-corrected chi connectivity index (χ4v) is 6.96. The van der Waals surface area contributed by atoms with Gasteiger partial charge in [0.15, 0.2) is 0 Å². The number of halogens is 1. The molecule has 5 nitrogen and oxygen atoms in total. The second-order valence-electron chi connectivity index (χ2n) is 12.1. The Morgan fingerprint density at radius 3 is 2.61 bits per heavy atom. The molecule has 2 fully saturated rings. The lowest BCUT2D eigenvalue weighted by Crippen LogP contribution is -2.39. The minimum atomic E-state index is -0.0751. The first-order chi connectivity index (χ1) is 20.0. The average molecular weight is 572 g/mol. The van der Waals surface area contributed by atoms with Gasteiger partial charge in [0.05, 0.1) is 5.02 Å². The van der Waals surface area contributed by atoms with E-state index in [1.165, 1.54) is 53.6 Å². The lowest BCUT2D eigenvalue weighted by molar-refractivity contribution is 0.0946. The second-order valence-corrected chi connectivity index (χ2v) is 12.5. The van der Waals surface area contributed by atoms with Crippen molar-refractivity contribution >= 4 is 17.5 Å². The minimum absolute atomic E-state index is 0.0751. The van der Waals surface area contributed by atoms with Gasteiger partial charge in [-0.05, 0) is 98.0 Å². The standard InChI is InChI=1S/C35H42ClN3O2/c1-25-7-4-5-17-39(25)18-6-16-37-35(40)28-11-13-34(33(36)23-28)41-30-14-19-38(20-15-30)24-26-10-12-32-29(21-26)22-27-8-2-3-9-31(27)32/h2-3,8-13,21,23,25,30H,4-7,14-20,22,24H2,1H3,(H,37,40). The van der Waals surface area contributed by atoms with Crippen molar-refractivity contribution in [3.8, 4) is 16.9 Å². The van der Waals surface area contributed by atoms with Gasteiger partial charge >= 0.3 is 0 Å². The number of carbonyl (C=O) groups is 1. The van der Waals surface area contributed by atoms with Gasteiger partial charge in [-0.3, -0.25) is 9.69 Å². The van der Waals surface area contributed by atoms with Crippen molar-refractivity contribution in [1.29, 1.82) is 0 Å². The SMILES string of the molecule is CC1CCCCN1CCCNC(=O)c1ccc(OC2CCN(Cc3ccc4c(c3)Cc3ccccc3-4)CC2)c(Cl)c1. The molecule has 216 valence electrons. The molecule has 0 spiro atoms. The van der Waals surface area contributed by atoms with E-state index in [4.69, 9.17) is 16.3 Å². The van der Waals surface area contributed by atoms with Crippen LogP contribution in [0.5, 0.6) is 5.75 Å². The van der Waals surface area contributed by atoms with Gasteiger partial charge in [0, 0.05) is 44.3 Å². The molecule has 2 saturated heterocycles. The number of carbonyl (C=O) groups excluding carboxylic acids is 1. The van der Waals surface area contributed by atoms with Crippen molar-refractivity contribution in [1.82, 2.24) is 15.1 Å². The molecule has 6 heteroatoms. The summed E-state index contributed by atoms with van der Waals surface area (Å²) in [5.41, 5.74) is 7.62. The summed E-state index contributed by atoms with van der Waals surface area (Å²) in [6.07, 6.45) is 7.96. The van der Waals surface area contributed by atoms with Crippen LogP contribution in [-0.4, -0.2) is 60.6 Å². The highest BCUT2D eigenvalue weighted by atomic mass is 35.5. The molecule has 1 unspecified atom stereocenters. The van der Waals surface area contributed by atoms with Gasteiger partial charge in [-0.15, -0.1) is 0 Å². The van der Waals surface area contributed by atoms with Crippen molar-refractivity contribution < 1.29 is 9.53 Å². The number of fused-ring (bicyclic) bond motifs is 3. The minimum Gasteiger partial charge on any atom is -0.489 e. The van der Waals surface area contributed by atoms with Crippen LogP contribution in [0.2, 0.25) is 5.02 Å². The third-order valence-corrected chi connectivity index (χ3v) is 9.43. The Kier molecular flexibility index (Phi) is 8.95. The Labute approximate surface area is 249 Å². The van der Waals surface area contributed by atoms with Gasteiger partial charge < -0.3 is 15.0 Å². The van der Waals surface area contributed by atoms with Crippen molar-refractivity contribution in [2.45, 2.75) is 70.6 Å². The zero-order valence-electron chi connectivity index (χ0n) is 24.2. The molecule has 3 aromatic carbocycles. The molecule has 1 amide bonds. The Hall–Kier alpha value is -2.86. The maximum atomic E-state index is 12.7. The van der Waals surface area contributed by atoms with Crippen molar-refractivity contribution in [3.05, 3.63) is 87.9 Å². The number of rotatable bonds is 9. The molecule has 41 heavy (non-hydrogen) atoms. The van der Waals surface area contributed by atoms with E-state index in [-0.39, 0.29) is 12.0 Å². The summed E-state index contributed by atoms with van der Waals surface area (Å²) in [7, 11) is 0. The normalized spacial score (nSPS) is 19.5. The fraction of sp³-hybridized carbons (Fsp3) is 0.457. The molecule has 1 aliphatic carbocycles. The number of piperidine rings is 2. The summed E-state index contributed by atoms with van der Waals surface area (Å²) in [5.74, 6) is 0.591. The van der Waals surface area contributed by atoms with Crippen LogP contribution >= 0.6 is 11.6 Å². The van der Waals surface area contributed by atoms with Crippen LogP contribution in [0, 0.1) is 0 Å². The number of likely N-dealkylation sites (tertiary alicyclic amines) is 2. The molecule has 2 aliphatic heterocycles. The van der Waals surface area contributed by atoms with Crippen LogP contribution in [0.25, 0.3) is 11.1 Å². The summed E-state index contributed by atoms with van der Waals surface area (Å²) in [6.45, 7) is 8.16. The lowest BCUT2D eigenvalue weighted by atomic mass is 10.0. The van der Waals surface area contributed by atoms with Crippen LogP contribution < -0.4 is 10.1 Å². The number of hydrogen-bond acceptors (Lipinski definition) is 4. The topological polar surface area (TPSA) is 44.8 Å². The lowest BCUT2D eigenvalue weighted by Gasteiger charge is -2.33. The molecule has 3 aliphatic rings. The van der Waals surface area contributed by atoms with Crippen LogP contribution in [0.3, 0.4) is 0 Å². The van der Waals surface area contributed by atoms with Crippen molar-refractivity contribution in [2.24, 2.45) is 0 Å². The highest BCUT2D eigenvalue weighted by molar-refractivity contribution is 6.32. The van der Waals surface area contributed by atoms with Gasteiger partial charge in [0.1, 0.15) is 11.9 Å². The zero-order valence-corrected chi connectivity index (χ0v) is 25.0. The van der Waals surface area contributed by atoms with E-state index >= 15 is 0 Å². The van der Waals surface area contributed by atoms with E-state index in [2.05, 4.69) is 64.5 Å². The monoisotopic (exact) mass is 571 g/mol. The summed E-state index contributed by atoms with van der Waals surface area (Å²) in [4.78, 5) is 17.7. The summed E-state index contributed by atoms with van der Waals surface area (Å²) < 4.78 is 6.30. The molecule has 0 saturated carbocycles. The first-order valence-electron chi connectivity index (χ1n) is 15.4. The van der Waals surface area contributed by atoms with E-state index in [9.17, 15) is 4.79 Å². The van der Waals surface area contributed by atoms with Crippen LogP contribution in [0.1, 0.15) is 72.5 Å². The van der Waals surface area contributed by atoms with Gasteiger partial charge in [-0.1, -0.05) is 60.5 Å². The van der Waals surface area contributed by atoms with E-state index in [1.54, 1.807) is 6.07 Å². The molecule has 3 aromatic rings. The maximum Gasteiger partial charge on any atom is 0.251 e. The summed E-state index contributed by atoms with van der Waals surface area (Å²) in [6, 6.07) is 21.8. The number of benzene rings is 3. The van der Waals surface area contributed by atoms with Gasteiger partial charge in [-0.2, -0.15) is 0 Å². The maximum absolute atomic E-state index is 12.7. The second kappa shape index (κ2) is 13.0. The Morgan fingerprint density at radius 1 is 0.951 bits per heavy atom. The molecular formula is C35H42ClN3O2. The smallest absolute Gasteiger partial charge is 0.251 e.